The summed E-state index contributed by atoms with van der Waals surface area (Å²) in [6.07, 6.45) is 20.6. The fourth-order valence-electron chi connectivity index (χ4n) is 2.89. The maximum Gasteiger partial charge on any atom is 0.0841 e. The van der Waals surface area contributed by atoms with Gasteiger partial charge in [-0.05, 0) is 38.5 Å². The Morgan fingerprint density at radius 1 is 0.850 bits per heavy atom. The molecule has 0 radical (unpaired) electrons. The van der Waals surface area contributed by atoms with Crippen LogP contribution in [-0.2, 0) is 4.74 Å². The van der Waals surface area contributed by atoms with Crippen molar-refractivity contribution in [3.63, 3.8) is 0 Å². The van der Waals surface area contributed by atoms with Crippen LogP contribution < -0.4 is 0 Å². The van der Waals surface area contributed by atoms with E-state index in [1.165, 1.54) is 70.6 Å². The molecule has 1 fully saturated rings. The molecular formula is C19H36O. The Hall–Kier alpha value is -0.300. The van der Waals surface area contributed by atoms with Gasteiger partial charge in [-0.15, -0.1) is 0 Å². The van der Waals surface area contributed by atoms with Crippen LogP contribution in [0.25, 0.3) is 0 Å². The molecular weight excluding hydrogens is 244 g/mol. The average molecular weight is 280 g/mol. The van der Waals surface area contributed by atoms with Gasteiger partial charge in [-0.25, -0.2) is 0 Å². The number of ether oxygens (including phenoxy) is 1. The smallest absolute Gasteiger partial charge is 0.0841 e. The van der Waals surface area contributed by atoms with Gasteiger partial charge >= 0.3 is 0 Å². The predicted molar refractivity (Wildman–Crippen MR) is 89.1 cm³/mol. The van der Waals surface area contributed by atoms with Crippen LogP contribution in [0.3, 0.4) is 0 Å². The Morgan fingerprint density at radius 2 is 1.45 bits per heavy atom. The minimum absolute atomic E-state index is 0.622. The van der Waals surface area contributed by atoms with Gasteiger partial charge in [0.25, 0.3) is 0 Å². The lowest BCUT2D eigenvalue weighted by Crippen LogP contribution is -1.95. The Balaban J connectivity index is 1.79. The monoisotopic (exact) mass is 280 g/mol. The van der Waals surface area contributed by atoms with Crippen LogP contribution in [0.4, 0.5) is 0 Å². The Kier molecular flexibility index (Phi) is 10.1. The molecule has 1 heteroatoms. The summed E-state index contributed by atoms with van der Waals surface area (Å²) in [5.41, 5.74) is 0. The second-order valence-corrected chi connectivity index (χ2v) is 6.81. The van der Waals surface area contributed by atoms with Gasteiger partial charge in [0.05, 0.1) is 12.2 Å². The highest BCUT2D eigenvalue weighted by Gasteiger charge is 2.36. The van der Waals surface area contributed by atoms with Crippen molar-refractivity contribution in [1.29, 1.82) is 0 Å². The molecule has 2 unspecified atom stereocenters. The molecule has 0 bridgehead atoms. The Morgan fingerprint density at radius 3 is 2.10 bits per heavy atom. The lowest BCUT2D eigenvalue weighted by molar-refractivity contribution is 0.346. The molecule has 1 aliphatic rings. The van der Waals surface area contributed by atoms with E-state index in [4.69, 9.17) is 4.74 Å². The summed E-state index contributed by atoms with van der Waals surface area (Å²) in [6, 6.07) is 0. The first-order valence-electron chi connectivity index (χ1n) is 9.00. The second-order valence-electron chi connectivity index (χ2n) is 6.81. The van der Waals surface area contributed by atoms with E-state index in [9.17, 15) is 0 Å². The number of epoxide rings is 1. The standard InChI is InChI=1S/C19H36O/c1-4-5-6-7-8-9-10-11-15-18-19(20-18)16-13-12-14-17(2)3/h4-5,17-19H,6-16H2,1-3H3/b5-4+. The number of hydrogen-bond donors (Lipinski definition) is 0. The van der Waals surface area contributed by atoms with E-state index in [1.54, 1.807) is 0 Å². The Labute approximate surface area is 127 Å². The van der Waals surface area contributed by atoms with E-state index in [0.29, 0.717) is 12.2 Å². The highest BCUT2D eigenvalue weighted by Crippen LogP contribution is 2.31. The van der Waals surface area contributed by atoms with Crippen LogP contribution in [-0.4, -0.2) is 12.2 Å². The molecule has 1 rings (SSSR count). The van der Waals surface area contributed by atoms with Crippen LogP contribution in [0.1, 0.15) is 91.4 Å². The van der Waals surface area contributed by atoms with E-state index < -0.39 is 0 Å². The first-order valence-corrected chi connectivity index (χ1v) is 9.00. The SMILES string of the molecule is C/C=C/CCCCCCCC1OC1CCCCC(C)C. The average Bonchev–Trinajstić information content (AvgIpc) is 3.16. The zero-order valence-corrected chi connectivity index (χ0v) is 14.1. The molecule has 1 heterocycles. The van der Waals surface area contributed by atoms with Crippen molar-refractivity contribution in [1.82, 2.24) is 0 Å². The van der Waals surface area contributed by atoms with E-state index in [-0.39, 0.29) is 0 Å². The topological polar surface area (TPSA) is 12.5 Å². The Bertz CT molecular complexity index is 244. The number of hydrogen-bond acceptors (Lipinski definition) is 1. The van der Waals surface area contributed by atoms with E-state index in [2.05, 4.69) is 32.9 Å². The van der Waals surface area contributed by atoms with Crippen molar-refractivity contribution in [2.45, 2.75) is 104 Å². The van der Waals surface area contributed by atoms with Crippen molar-refractivity contribution in [2.24, 2.45) is 5.92 Å². The second kappa shape index (κ2) is 11.4. The lowest BCUT2D eigenvalue weighted by atomic mass is 10.0. The molecule has 0 aromatic rings. The van der Waals surface area contributed by atoms with Crippen LogP contribution in [0.15, 0.2) is 12.2 Å². The van der Waals surface area contributed by atoms with Gasteiger partial charge in [-0.3, -0.25) is 0 Å². The molecule has 2 atom stereocenters. The number of allylic oxidation sites excluding steroid dienone is 2. The molecule has 1 saturated heterocycles. The quantitative estimate of drug-likeness (QED) is 0.220. The third-order valence-corrected chi connectivity index (χ3v) is 4.30. The van der Waals surface area contributed by atoms with Crippen molar-refractivity contribution < 1.29 is 4.74 Å². The summed E-state index contributed by atoms with van der Waals surface area (Å²) < 4.78 is 5.77. The van der Waals surface area contributed by atoms with Crippen molar-refractivity contribution in [2.75, 3.05) is 0 Å². The molecule has 0 aromatic carbocycles. The highest BCUT2D eigenvalue weighted by atomic mass is 16.6. The summed E-state index contributed by atoms with van der Waals surface area (Å²) in [5, 5.41) is 0. The molecule has 0 N–H and O–H groups in total. The zero-order valence-electron chi connectivity index (χ0n) is 14.1. The van der Waals surface area contributed by atoms with Crippen LogP contribution in [0.2, 0.25) is 0 Å². The number of unbranched alkanes of at least 4 members (excludes halogenated alkanes) is 6. The molecule has 118 valence electrons. The zero-order chi connectivity index (χ0) is 14.6. The van der Waals surface area contributed by atoms with Crippen molar-refractivity contribution in [3.8, 4) is 0 Å². The molecule has 20 heavy (non-hydrogen) atoms. The maximum atomic E-state index is 5.77. The lowest BCUT2D eigenvalue weighted by Gasteiger charge is -2.02. The molecule has 0 amide bonds. The number of rotatable bonds is 13. The molecule has 1 nitrogen and oxygen atoms in total. The van der Waals surface area contributed by atoms with Crippen LogP contribution in [0, 0.1) is 5.92 Å². The third kappa shape index (κ3) is 9.58. The highest BCUT2D eigenvalue weighted by molar-refractivity contribution is 4.84. The third-order valence-electron chi connectivity index (χ3n) is 4.30. The van der Waals surface area contributed by atoms with Gasteiger partial charge in [0.2, 0.25) is 0 Å². The molecule has 0 saturated carbocycles. The largest absolute Gasteiger partial charge is 0.370 e. The fraction of sp³-hybridized carbons (Fsp3) is 0.895. The molecule has 0 aromatic heterocycles. The normalized spacial score (nSPS) is 22.0. The fourth-order valence-corrected chi connectivity index (χ4v) is 2.89. The maximum absolute atomic E-state index is 5.77. The molecule has 0 spiro atoms. The summed E-state index contributed by atoms with van der Waals surface area (Å²) in [7, 11) is 0. The van der Waals surface area contributed by atoms with Gasteiger partial charge in [0.15, 0.2) is 0 Å². The summed E-state index contributed by atoms with van der Waals surface area (Å²) in [5.74, 6) is 0.860. The molecule has 1 aliphatic heterocycles. The summed E-state index contributed by atoms with van der Waals surface area (Å²) in [4.78, 5) is 0. The van der Waals surface area contributed by atoms with Gasteiger partial charge in [0, 0.05) is 0 Å². The van der Waals surface area contributed by atoms with Gasteiger partial charge in [0.1, 0.15) is 0 Å². The van der Waals surface area contributed by atoms with E-state index in [0.717, 1.165) is 5.92 Å². The van der Waals surface area contributed by atoms with Crippen LogP contribution >= 0.6 is 0 Å². The first kappa shape index (κ1) is 17.8. The van der Waals surface area contributed by atoms with Crippen molar-refractivity contribution in [3.05, 3.63) is 12.2 Å². The first-order chi connectivity index (χ1) is 9.74. The summed E-state index contributed by atoms with van der Waals surface area (Å²) >= 11 is 0. The van der Waals surface area contributed by atoms with E-state index >= 15 is 0 Å². The van der Waals surface area contributed by atoms with Gasteiger partial charge in [-0.2, -0.15) is 0 Å². The minimum atomic E-state index is 0.622. The summed E-state index contributed by atoms with van der Waals surface area (Å²) in [6.45, 7) is 6.73. The van der Waals surface area contributed by atoms with E-state index in [1.807, 2.05) is 0 Å². The van der Waals surface area contributed by atoms with Gasteiger partial charge in [-0.1, -0.05) is 70.9 Å². The van der Waals surface area contributed by atoms with Crippen LogP contribution in [0.5, 0.6) is 0 Å². The predicted octanol–water partition coefficient (Wildman–Crippen LogP) is 6.28. The van der Waals surface area contributed by atoms with Crippen molar-refractivity contribution >= 4 is 0 Å². The molecule has 0 aliphatic carbocycles. The van der Waals surface area contributed by atoms with Gasteiger partial charge < -0.3 is 4.74 Å². The minimum Gasteiger partial charge on any atom is -0.370 e.